The minimum atomic E-state index is 0.0583. The van der Waals surface area contributed by atoms with Crippen LogP contribution in [-0.2, 0) is 17.7 Å². The molecule has 4 rings (SSSR count). The van der Waals surface area contributed by atoms with E-state index >= 15 is 0 Å². The standard InChI is InChI=1S/C20H25N3O2/c1-15-14-22(12-13-25-15)20(24)18-17-10-6-3-7-11-23(17)19(21-18)16-8-4-2-5-9-16/h2,4-5,8-9,15H,3,6-7,10-14H2,1H3/t15-/m0/s1. The second kappa shape index (κ2) is 7.00. The van der Waals surface area contributed by atoms with Gasteiger partial charge in [0.2, 0.25) is 0 Å². The number of rotatable bonds is 2. The first-order chi connectivity index (χ1) is 12.2. The third-order valence-electron chi connectivity index (χ3n) is 5.13. The van der Waals surface area contributed by atoms with E-state index in [-0.39, 0.29) is 12.0 Å². The molecule has 0 aliphatic carbocycles. The van der Waals surface area contributed by atoms with Crippen molar-refractivity contribution in [2.75, 3.05) is 19.7 Å². The molecule has 1 fully saturated rings. The van der Waals surface area contributed by atoms with Gasteiger partial charge in [-0.15, -0.1) is 0 Å². The van der Waals surface area contributed by atoms with E-state index in [9.17, 15) is 4.79 Å². The summed E-state index contributed by atoms with van der Waals surface area (Å²) in [5, 5.41) is 0. The number of carbonyl (C=O) groups excluding carboxylic acids is 1. The Morgan fingerprint density at radius 1 is 1.16 bits per heavy atom. The van der Waals surface area contributed by atoms with Gasteiger partial charge in [0.1, 0.15) is 11.5 Å². The van der Waals surface area contributed by atoms with E-state index in [2.05, 4.69) is 16.7 Å². The molecule has 2 aliphatic rings. The van der Waals surface area contributed by atoms with Gasteiger partial charge in [0, 0.05) is 25.2 Å². The van der Waals surface area contributed by atoms with E-state index in [4.69, 9.17) is 9.72 Å². The molecule has 1 aromatic heterocycles. The number of fused-ring (bicyclic) bond motifs is 1. The molecular formula is C20H25N3O2. The lowest BCUT2D eigenvalue weighted by Gasteiger charge is -2.30. The van der Waals surface area contributed by atoms with Gasteiger partial charge in [-0.25, -0.2) is 4.98 Å². The molecule has 2 aromatic rings. The van der Waals surface area contributed by atoms with E-state index in [0.29, 0.717) is 25.4 Å². The number of aromatic nitrogens is 2. The van der Waals surface area contributed by atoms with Crippen LogP contribution < -0.4 is 0 Å². The lowest BCUT2D eigenvalue weighted by molar-refractivity contribution is -0.0126. The fraction of sp³-hybridized carbons (Fsp3) is 0.500. The van der Waals surface area contributed by atoms with Gasteiger partial charge < -0.3 is 14.2 Å². The van der Waals surface area contributed by atoms with Crippen molar-refractivity contribution in [2.45, 2.75) is 45.3 Å². The zero-order valence-electron chi connectivity index (χ0n) is 14.8. The Labute approximate surface area is 148 Å². The van der Waals surface area contributed by atoms with Gasteiger partial charge in [0.15, 0.2) is 0 Å². The summed E-state index contributed by atoms with van der Waals surface area (Å²) in [6.07, 6.45) is 4.50. The fourth-order valence-corrected chi connectivity index (χ4v) is 3.85. The Morgan fingerprint density at radius 3 is 2.80 bits per heavy atom. The van der Waals surface area contributed by atoms with Gasteiger partial charge in [-0.2, -0.15) is 0 Å². The molecule has 1 saturated heterocycles. The molecule has 1 atom stereocenters. The molecule has 0 N–H and O–H groups in total. The van der Waals surface area contributed by atoms with Crippen LogP contribution in [0.3, 0.4) is 0 Å². The predicted molar refractivity (Wildman–Crippen MR) is 96.5 cm³/mol. The van der Waals surface area contributed by atoms with Crippen LogP contribution in [0.15, 0.2) is 30.3 Å². The summed E-state index contributed by atoms with van der Waals surface area (Å²) in [6.45, 7) is 4.86. The normalized spacial score (nSPS) is 20.8. The van der Waals surface area contributed by atoms with Gasteiger partial charge in [-0.3, -0.25) is 4.79 Å². The number of hydrogen-bond acceptors (Lipinski definition) is 3. The van der Waals surface area contributed by atoms with Crippen molar-refractivity contribution in [3.05, 3.63) is 41.7 Å². The molecule has 5 nitrogen and oxygen atoms in total. The topological polar surface area (TPSA) is 47.4 Å². The minimum Gasteiger partial charge on any atom is -0.375 e. The summed E-state index contributed by atoms with van der Waals surface area (Å²) in [5.41, 5.74) is 2.84. The maximum absolute atomic E-state index is 13.2. The molecule has 5 heteroatoms. The highest BCUT2D eigenvalue weighted by molar-refractivity contribution is 5.94. The first-order valence-corrected chi connectivity index (χ1v) is 9.30. The minimum absolute atomic E-state index is 0.0583. The Bertz CT molecular complexity index is 754. The van der Waals surface area contributed by atoms with Crippen LogP contribution in [0.25, 0.3) is 11.4 Å². The van der Waals surface area contributed by atoms with E-state index < -0.39 is 0 Å². The lowest BCUT2D eigenvalue weighted by atomic mass is 10.1. The van der Waals surface area contributed by atoms with Gasteiger partial charge in [0.25, 0.3) is 5.91 Å². The highest BCUT2D eigenvalue weighted by Gasteiger charge is 2.29. The van der Waals surface area contributed by atoms with Crippen LogP contribution >= 0.6 is 0 Å². The number of nitrogens with zero attached hydrogens (tertiary/aromatic N) is 3. The second-order valence-electron chi connectivity index (χ2n) is 6.99. The molecule has 0 saturated carbocycles. The molecule has 2 aliphatic heterocycles. The smallest absolute Gasteiger partial charge is 0.274 e. The molecular weight excluding hydrogens is 314 g/mol. The largest absolute Gasteiger partial charge is 0.375 e. The summed E-state index contributed by atoms with van der Waals surface area (Å²) in [7, 11) is 0. The lowest BCUT2D eigenvalue weighted by Crippen LogP contribution is -2.44. The van der Waals surface area contributed by atoms with Crippen LogP contribution in [0.5, 0.6) is 0 Å². The Balaban J connectivity index is 1.74. The zero-order chi connectivity index (χ0) is 17.2. The third-order valence-corrected chi connectivity index (χ3v) is 5.13. The number of ether oxygens (including phenoxy) is 1. The SMILES string of the molecule is C[C@H]1CN(C(=O)c2nc(-c3ccccc3)n3c2CCCCC3)CCO1. The number of amides is 1. The summed E-state index contributed by atoms with van der Waals surface area (Å²) in [5.74, 6) is 0.991. The quantitative estimate of drug-likeness (QED) is 0.844. The van der Waals surface area contributed by atoms with Gasteiger partial charge in [-0.05, 0) is 26.2 Å². The summed E-state index contributed by atoms with van der Waals surface area (Å²) in [4.78, 5) is 19.9. The Morgan fingerprint density at radius 2 is 2.00 bits per heavy atom. The van der Waals surface area contributed by atoms with Crippen molar-refractivity contribution >= 4 is 5.91 Å². The molecule has 1 amide bonds. The first-order valence-electron chi connectivity index (χ1n) is 9.30. The Hall–Kier alpha value is -2.14. The van der Waals surface area contributed by atoms with E-state index in [1.807, 2.05) is 30.0 Å². The molecule has 0 bridgehead atoms. The highest BCUT2D eigenvalue weighted by atomic mass is 16.5. The van der Waals surface area contributed by atoms with Crippen LogP contribution in [0.2, 0.25) is 0 Å². The maximum Gasteiger partial charge on any atom is 0.274 e. The van der Waals surface area contributed by atoms with Crippen LogP contribution in [0.4, 0.5) is 0 Å². The first kappa shape index (κ1) is 16.3. The molecule has 25 heavy (non-hydrogen) atoms. The van der Waals surface area contributed by atoms with Crippen molar-refractivity contribution in [3.63, 3.8) is 0 Å². The number of benzene rings is 1. The van der Waals surface area contributed by atoms with Crippen LogP contribution in [-0.4, -0.2) is 46.2 Å². The predicted octanol–water partition coefficient (Wildman–Crippen LogP) is 3.14. The third kappa shape index (κ3) is 3.21. The summed E-state index contributed by atoms with van der Waals surface area (Å²) < 4.78 is 7.86. The monoisotopic (exact) mass is 339 g/mol. The van der Waals surface area contributed by atoms with Crippen LogP contribution in [0.1, 0.15) is 42.4 Å². The van der Waals surface area contributed by atoms with E-state index in [0.717, 1.165) is 42.9 Å². The summed E-state index contributed by atoms with van der Waals surface area (Å²) in [6, 6.07) is 10.2. The highest BCUT2D eigenvalue weighted by Crippen LogP contribution is 2.28. The number of carbonyl (C=O) groups is 1. The molecule has 0 unspecified atom stereocenters. The molecule has 1 aromatic carbocycles. The molecule has 0 spiro atoms. The van der Waals surface area contributed by atoms with Gasteiger partial charge >= 0.3 is 0 Å². The van der Waals surface area contributed by atoms with E-state index in [1.165, 1.54) is 6.42 Å². The van der Waals surface area contributed by atoms with Crippen molar-refractivity contribution < 1.29 is 9.53 Å². The van der Waals surface area contributed by atoms with Crippen molar-refractivity contribution in [2.24, 2.45) is 0 Å². The van der Waals surface area contributed by atoms with Gasteiger partial charge in [-0.1, -0.05) is 36.8 Å². The van der Waals surface area contributed by atoms with Crippen molar-refractivity contribution in [3.8, 4) is 11.4 Å². The zero-order valence-corrected chi connectivity index (χ0v) is 14.8. The average molecular weight is 339 g/mol. The number of morpholine rings is 1. The number of hydrogen-bond donors (Lipinski definition) is 0. The van der Waals surface area contributed by atoms with Gasteiger partial charge in [0.05, 0.1) is 18.4 Å². The molecule has 3 heterocycles. The van der Waals surface area contributed by atoms with Crippen molar-refractivity contribution in [1.82, 2.24) is 14.5 Å². The van der Waals surface area contributed by atoms with E-state index in [1.54, 1.807) is 0 Å². The second-order valence-corrected chi connectivity index (χ2v) is 6.99. The summed E-state index contributed by atoms with van der Waals surface area (Å²) >= 11 is 0. The Kier molecular flexibility index (Phi) is 4.57. The van der Waals surface area contributed by atoms with Crippen molar-refractivity contribution in [1.29, 1.82) is 0 Å². The molecule has 0 radical (unpaired) electrons. The molecule has 132 valence electrons. The van der Waals surface area contributed by atoms with Crippen LogP contribution in [0, 0.1) is 0 Å². The fourth-order valence-electron chi connectivity index (χ4n) is 3.85. The average Bonchev–Trinajstić information content (AvgIpc) is 2.83. The maximum atomic E-state index is 13.2. The number of imidazole rings is 1.